The van der Waals surface area contributed by atoms with Gasteiger partial charge in [-0.2, -0.15) is 0 Å². The number of thiophene rings is 1. The van der Waals surface area contributed by atoms with Crippen LogP contribution in [0.3, 0.4) is 0 Å². The number of methoxy groups -OCH3 is 1. The number of hydrogen-bond acceptors (Lipinski definition) is 3. The van der Waals surface area contributed by atoms with Gasteiger partial charge in [0.15, 0.2) is 0 Å². The highest BCUT2D eigenvalue weighted by molar-refractivity contribution is 14.1. The topological polar surface area (TPSA) is 26.3 Å². The van der Waals surface area contributed by atoms with Gasteiger partial charge < -0.3 is 4.74 Å². The van der Waals surface area contributed by atoms with Gasteiger partial charge in [-0.05, 0) is 83.4 Å². The predicted molar refractivity (Wildman–Crippen MR) is 145 cm³/mol. The number of benzene rings is 1. The van der Waals surface area contributed by atoms with E-state index in [2.05, 4.69) is 69.4 Å². The molecule has 1 atom stereocenters. The third-order valence-electron chi connectivity index (χ3n) is 7.22. The zero-order valence-electron chi connectivity index (χ0n) is 20.0. The summed E-state index contributed by atoms with van der Waals surface area (Å²) in [5.74, 6) is -0.288. The van der Waals surface area contributed by atoms with Gasteiger partial charge in [-0.15, -0.1) is 11.3 Å². The van der Waals surface area contributed by atoms with E-state index in [4.69, 9.17) is 4.74 Å². The summed E-state index contributed by atoms with van der Waals surface area (Å²) < 4.78 is 5.32. The third-order valence-corrected chi connectivity index (χ3v) is 10.2. The predicted octanol–water partition coefficient (Wildman–Crippen LogP) is 8.26. The van der Waals surface area contributed by atoms with Crippen LogP contribution in [0.2, 0.25) is 0 Å². The first-order chi connectivity index (χ1) is 15.0. The van der Waals surface area contributed by atoms with Crippen LogP contribution in [0, 0.1) is 6.92 Å². The van der Waals surface area contributed by atoms with Gasteiger partial charge in [0, 0.05) is 13.7 Å². The number of carbonyl (C=O) groups excluding carboxylic acids is 1. The van der Waals surface area contributed by atoms with E-state index in [0.717, 1.165) is 12.8 Å². The highest BCUT2D eigenvalue weighted by Crippen LogP contribution is 2.53. The molecular weight excluding hydrogens is 527 g/mol. The quantitative estimate of drug-likeness (QED) is 0.215. The molecule has 0 aliphatic heterocycles. The van der Waals surface area contributed by atoms with Crippen LogP contribution in [-0.2, 0) is 15.6 Å². The average Bonchev–Trinajstić information content (AvgIpc) is 3.01. The Hall–Kier alpha value is -1.40. The van der Waals surface area contributed by atoms with E-state index in [-0.39, 0.29) is 16.8 Å². The van der Waals surface area contributed by atoms with E-state index in [9.17, 15) is 4.79 Å². The van der Waals surface area contributed by atoms with E-state index in [1.165, 1.54) is 47.1 Å². The molecule has 0 bridgehead atoms. The smallest absolute Gasteiger partial charge is 0.337 e. The number of ether oxygens (including phenoxy) is 1. The van der Waals surface area contributed by atoms with E-state index in [1.54, 1.807) is 10.4 Å². The number of fused-ring (bicyclic) bond motifs is 1. The van der Waals surface area contributed by atoms with Crippen molar-refractivity contribution in [3.63, 3.8) is 0 Å². The van der Waals surface area contributed by atoms with E-state index >= 15 is 0 Å². The highest BCUT2D eigenvalue weighted by atomic mass is 127. The summed E-state index contributed by atoms with van der Waals surface area (Å²) in [5, 5.41) is 0. The van der Waals surface area contributed by atoms with E-state index in [0.29, 0.717) is 9.49 Å². The lowest BCUT2D eigenvalue weighted by molar-refractivity contribution is 0.0600. The summed E-state index contributed by atoms with van der Waals surface area (Å²) in [6.07, 6.45) is 9.32. The van der Waals surface area contributed by atoms with Gasteiger partial charge in [0.2, 0.25) is 0 Å². The molecule has 0 fully saturated rings. The molecule has 1 aromatic heterocycles. The third kappa shape index (κ3) is 4.25. The molecule has 2 aliphatic rings. The fourth-order valence-electron chi connectivity index (χ4n) is 5.16. The molecule has 170 valence electrons. The first-order valence-electron chi connectivity index (χ1n) is 11.4. The molecule has 2 aliphatic carbocycles. The molecule has 0 spiro atoms. The van der Waals surface area contributed by atoms with Crippen molar-refractivity contribution in [1.29, 1.82) is 0 Å². The molecule has 0 amide bonds. The Kier molecular flexibility index (Phi) is 6.49. The minimum atomic E-state index is -0.288. The summed E-state index contributed by atoms with van der Waals surface area (Å²) in [6, 6.07) is 7.81. The number of allylic oxidation sites excluding steroid dienone is 4. The fraction of sp³-hybridized carbons (Fsp3) is 0.464. The van der Waals surface area contributed by atoms with Gasteiger partial charge >= 0.3 is 5.97 Å². The Morgan fingerprint density at radius 3 is 2.34 bits per heavy atom. The van der Waals surface area contributed by atoms with E-state index in [1.807, 2.05) is 35.6 Å². The number of hydrogen-bond donors (Lipinski definition) is 0. The minimum absolute atomic E-state index is 0.248. The monoisotopic (exact) mass is 560 g/mol. The minimum Gasteiger partial charge on any atom is -0.465 e. The molecule has 1 heterocycles. The van der Waals surface area contributed by atoms with Crippen molar-refractivity contribution in [2.24, 2.45) is 0 Å². The Balaban J connectivity index is 1.73. The molecule has 1 aromatic carbocycles. The van der Waals surface area contributed by atoms with Crippen molar-refractivity contribution in [2.45, 2.75) is 75.1 Å². The maximum Gasteiger partial charge on any atom is 0.337 e. The second kappa shape index (κ2) is 8.75. The molecular formula is C28H33IO2S. The van der Waals surface area contributed by atoms with Crippen molar-refractivity contribution in [3.05, 3.63) is 68.4 Å². The molecule has 32 heavy (non-hydrogen) atoms. The van der Waals surface area contributed by atoms with Gasteiger partial charge in [0.1, 0.15) is 0 Å². The summed E-state index contributed by atoms with van der Waals surface area (Å²) >= 11 is 4.68. The standard InChI is InChI=1S/C28H33IO2S/c1-17-23-25(28(4,5)16-15-27(23,2)3)32-24(17)21-13-11-19(12-14-22(21)29)18-7-9-20(10-8-18)26(30)31-6/h7-11,13,22H,12,14-16H2,1-6H3. The van der Waals surface area contributed by atoms with Crippen LogP contribution < -0.4 is 0 Å². The second-order valence-corrected chi connectivity index (χ2v) is 12.9. The van der Waals surface area contributed by atoms with Crippen molar-refractivity contribution >= 4 is 51.0 Å². The first-order valence-corrected chi connectivity index (χ1v) is 13.5. The largest absolute Gasteiger partial charge is 0.465 e. The van der Waals surface area contributed by atoms with Crippen LogP contribution in [0.1, 0.15) is 90.2 Å². The van der Waals surface area contributed by atoms with Gasteiger partial charge in [0.05, 0.1) is 12.7 Å². The van der Waals surface area contributed by atoms with Crippen LogP contribution in [0.4, 0.5) is 0 Å². The first kappa shape index (κ1) is 23.7. The maximum absolute atomic E-state index is 11.8. The van der Waals surface area contributed by atoms with Crippen LogP contribution in [0.15, 0.2) is 36.4 Å². The molecule has 0 radical (unpaired) electrons. The average molecular weight is 561 g/mol. The molecule has 4 heteroatoms. The maximum atomic E-state index is 11.8. The molecule has 2 nitrogen and oxygen atoms in total. The lowest BCUT2D eigenvalue weighted by Gasteiger charge is -2.39. The van der Waals surface area contributed by atoms with Crippen LogP contribution in [0.25, 0.3) is 11.1 Å². The second-order valence-electron chi connectivity index (χ2n) is 10.4. The molecule has 4 rings (SSSR count). The van der Waals surface area contributed by atoms with Gasteiger partial charge in [0.25, 0.3) is 0 Å². The van der Waals surface area contributed by atoms with Crippen molar-refractivity contribution < 1.29 is 9.53 Å². The summed E-state index contributed by atoms with van der Waals surface area (Å²) in [7, 11) is 1.42. The van der Waals surface area contributed by atoms with Gasteiger partial charge in [-0.25, -0.2) is 4.79 Å². The lowest BCUT2D eigenvalue weighted by Crippen LogP contribution is -2.32. The normalized spacial score (nSPS) is 21.8. The highest BCUT2D eigenvalue weighted by Gasteiger charge is 2.41. The molecule has 0 saturated heterocycles. The fourth-order valence-corrected chi connectivity index (χ4v) is 7.90. The van der Waals surface area contributed by atoms with Gasteiger partial charge in [-0.1, -0.05) is 74.6 Å². The molecule has 1 unspecified atom stereocenters. The number of halogens is 1. The van der Waals surface area contributed by atoms with Crippen molar-refractivity contribution in [1.82, 2.24) is 0 Å². The summed E-state index contributed by atoms with van der Waals surface area (Å²) in [4.78, 5) is 14.8. The van der Waals surface area contributed by atoms with Crippen LogP contribution >= 0.6 is 33.9 Å². The van der Waals surface area contributed by atoms with Crippen LogP contribution in [-0.4, -0.2) is 17.0 Å². The zero-order chi connectivity index (χ0) is 23.3. The number of carbonyl (C=O) groups is 1. The lowest BCUT2D eigenvalue weighted by atomic mass is 9.66. The Labute approximate surface area is 210 Å². The number of esters is 1. The zero-order valence-corrected chi connectivity index (χ0v) is 22.9. The van der Waals surface area contributed by atoms with Crippen molar-refractivity contribution in [2.75, 3.05) is 7.11 Å². The number of rotatable bonds is 3. The van der Waals surface area contributed by atoms with E-state index < -0.39 is 0 Å². The molecule has 0 saturated carbocycles. The summed E-state index contributed by atoms with van der Waals surface area (Å²) in [6.45, 7) is 12.0. The van der Waals surface area contributed by atoms with Crippen LogP contribution in [0.5, 0.6) is 0 Å². The molecule has 0 N–H and O–H groups in total. The Morgan fingerprint density at radius 1 is 1.06 bits per heavy atom. The van der Waals surface area contributed by atoms with Gasteiger partial charge in [-0.3, -0.25) is 0 Å². The Morgan fingerprint density at radius 2 is 1.72 bits per heavy atom. The summed E-state index contributed by atoms with van der Waals surface area (Å²) in [5.41, 5.74) is 8.18. The molecule has 2 aromatic rings. The Bertz CT molecular complexity index is 1100. The SMILES string of the molecule is COC(=O)c1ccc(C2=CC=C(c3sc4c(c3C)C(C)(C)CCC4(C)C)C(I)CC2)cc1. The van der Waals surface area contributed by atoms with Crippen molar-refractivity contribution in [3.8, 4) is 0 Å². The number of alkyl halides is 1.